The summed E-state index contributed by atoms with van der Waals surface area (Å²) in [5, 5.41) is 6.05. The number of pyridine rings is 1. The van der Waals surface area contributed by atoms with Crippen molar-refractivity contribution in [1.29, 1.82) is 0 Å². The van der Waals surface area contributed by atoms with Crippen molar-refractivity contribution < 1.29 is 4.79 Å². The molecule has 1 aromatic carbocycles. The monoisotopic (exact) mass is 347 g/mol. The zero-order chi connectivity index (χ0) is 18.5. The predicted molar refractivity (Wildman–Crippen MR) is 102 cm³/mol. The van der Waals surface area contributed by atoms with Gasteiger partial charge in [0, 0.05) is 30.3 Å². The number of aromatic nitrogens is 3. The minimum absolute atomic E-state index is 0.258. The van der Waals surface area contributed by atoms with Crippen LogP contribution in [0.5, 0.6) is 0 Å². The summed E-state index contributed by atoms with van der Waals surface area (Å²) in [4.78, 5) is 25.3. The molecule has 0 bridgehead atoms. The summed E-state index contributed by atoms with van der Waals surface area (Å²) < 4.78 is 0. The van der Waals surface area contributed by atoms with Gasteiger partial charge in [0.15, 0.2) is 0 Å². The topological polar surface area (TPSA) is 79.8 Å². The van der Waals surface area contributed by atoms with E-state index in [1.165, 1.54) is 0 Å². The first-order valence-electron chi connectivity index (χ1n) is 8.38. The predicted octanol–water partition coefficient (Wildman–Crippen LogP) is 3.66. The Labute approximate surface area is 152 Å². The molecule has 0 radical (unpaired) electrons. The average molecular weight is 347 g/mol. The van der Waals surface area contributed by atoms with Gasteiger partial charge in [-0.05, 0) is 50.1 Å². The van der Waals surface area contributed by atoms with E-state index in [0.717, 1.165) is 28.1 Å². The van der Waals surface area contributed by atoms with Crippen molar-refractivity contribution in [3.63, 3.8) is 0 Å². The smallest absolute Gasteiger partial charge is 0.274 e. The Morgan fingerprint density at radius 3 is 2.65 bits per heavy atom. The Balaban J connectivity index is 1.75. The van der Waals surface area contributed by atoms with Crippen LogP contribution in [0, 0.1) is 20.8 Å². The highest BCUT2D eigenvalue weighted by Gasteiger charge is 2.12. The molecule has 2 aromatic heterocycles. The second-order valence-corrected chi connectivity index (χ2v) is 6.21. The molecular weight excluding hydrogens is 326 g/mol. The second-order valence-electron chi connectivity index (χ2n) is 6.21. The summed E-state index contributed by atoms with van der Waals surface area (Å²) in [6.07, 6.45) is 3.50. The second kappa shape index (κ2) is 7.74. The molecular formula is C20H21N5O. The molecule has 1 amide bonds. The number of amides is 1. The number of carbonyl (C=O) groups excluding carboxylic acids is 1. The number of anilines is 2. The molecule has 26 heavy (non-hydrogen) atoms. The third-order valence-electron chi connectivity index (χ3n) is 3.89. The van der Waals surface area contributed by atoms with Gasteiger partial charge in [0.2, 0.25) is 5.95 Å². The van der Waals surface area contributed by atoms with Crippen LogP contribution in [0.15, 0.2) is 48.8 Å². The lowest BCUT2D eigenvalue weighted by atomic mass is 10.1. The van der Waals surface area contributed by atoms with Gasteiger partial charge < -0.3 is 10.6 Å². The largest absolute Gasteiger partial charge is 0.350 e. The molecule has 2 N–H and O–H groups in total. The normalized spacial score (nSPS) is 10.4. The number of benzene rings is 1. The van der Waals surface area contributed by atoms with Crippen molar-refractivity contribution >= 4 is 17.5 Å². The summed E-state index contributed by atoms with van der Waals surface area (Å²) in [7, 11) is 0. The fraction of sp³-hybridized carbons (Fsp3) is 0.200. The van der Waals surface area contributed by atoms with Gasteiger partial charge in [-0.2, -0.15) is 0 Å². The first kappa shape index (κ1) is 17.5. The quantitative estimate of drug-likeness (QED) is 0.736. The lowest BCUT2D eigenvalue weighted by Gasteiger charge is -2.11. The number of hydrogen-bond acceptors (Lipinski definition) is 5. The molecule has 6 heteroatoms. The molecule has 0 aliphatic heterocycles. The van der Waals surface area contributed by atoms with Crippen LogP contribution in [0.1, 0.15) is 32.9 Å². The Kier molecular flexibility index (Phi) is 5.22. The first-order chi connectivity index (χ1) is 12.5. The number of rotatable bonds is 5. The zero-order valence-corrected chi connectivity index (χ0v) is 15.1. The van der Waals surface area contributed by atoms with Crippen molar-refractivity contribution in [2.75, 3.05) is 10.6 Å². The van der Waals surface area contributed by atoms with Gasteiger partial charge in [0.05, 0.1) is 0 Å². The highest BCUT2D eigenvalue weighted by molar-refractivity contribution is 6.03. The van der Waals surface area contributed by atoms with Crippen LogP contribution in [0.2, 0.25) is 0 Å². The van der Waals surface area contributed by atoms with Gasteiger partial charge in [-0.25, -0.2) is 9.97 Å². The molecule has 0 saturated heterocycles. The number of nitrogens with one attached hydrogen (secondary N) is 2. The number of carbonyl (C=O) groups is 1. The van der Waals surface area contributed by atoms with E-state index >= 15 is 0 Å². The van der Waals surface area contributed by atoms with E-state index in [1.807, 2.05) is 51.1 Å². The maximum absolute atomic E-state index is 12.6. The van der Waals surface area contributed by atoms with Crippen LogP contribution in [0.25, 0.3) is 0 Å². The van der Waals surface area contributed by atoms with E-state index in [4.69, 9.17) is 0 Å². The molecule has 0 atom stereocenters. The standard InChI is InChI=1S/C20H21N5O/c1-13-6-7-17(14(2)9-13)24-19(26)18-10-15(3)23-20(25-18)22-12-16-5-4-8-21-11-16/h4-11H,12H2,1-3H3,(H,24,26)(H,22,23,25). The minimum Gasteiger partial charge on any atom is -0.350 e. The van der Waals surface area contributed by atoms with Crippen LogP contribution < -0.4 is 10.6 Å². The summed E-state index contributed by atoms with van der Waals surface area (Å²) >= 11 is 0. The third-order valence-corrected chi connectivity index (χ3v) is 3.89. The van der Waals surface area contributed by atoms with Crippen molar-refractivity contribution in [2.45, 2.75) is 27.3 Å². The van der Waals surface area contributed by atoms with Gasteiger partial charge in [-0.1, -0.05) is 23.8 Å². The molecule has 0 aliphatic rings. The van der Waals surface area contributed by atoms with Gasteiger partial charge >= 0.3 is 0 Å². The van der Waals surface area contributed by atoms with E-state index in [2.05, 4.69) is 25.6 Å². The van der Waals surface area contributed by atoms with E-state index in [0.29, 0.717) is 18.2 Å². The molecule has 132 valence electrons. The molecule has 0 spiro atoms. The van der Waals surface area contributed by atoms with E-state index in [-0.39, 0.29) is 5.91 Å². The van der Waals surface area contributed by atoms with Crippen molar-refractivity contribution in [2.24, 2.45) is 0 Å². The van der Waals surface area contributed by atoms with Crippen molar-refractivity contribution in [1.82, 2.24) is 15.0 Å². The fourth-order valence-corrected chi connectivity index (χ4v) is 2.59. The molecule has 0 aliphatic carbocycles. The zero-order valence-electron chi connectivity index (χ0n) is 15.1. The fourth-order valence-electron chi connectivity index (χ4n) is 2.59. The molecule has 0 unspecified atom stereocenters. The highest BCUT2D eigenvalue weighted by atomic mass is 16.1. The third kappa shape index (κ3) is 4.42. The summed E-state index contributed by atoms with van der Waals surface area (Å²) in [5.74, 6) is 0.159. The SMILES string of the molecule is Cc1ccc(NC(=O)c2cc(C)nc(NCc3cccnc3)n2)c(C)c1. The highest BCUT2D eigenvalue weighted by Crippen LogP contribution is 2.17. The van der Waals surface area contributed by atoms with Crippen molar-refractivity contribution in [3.05, 3.63) is 76.9 Å². The molecule has 3 rings (SSSR count). The molecule has 6 nitrogen and oxygen atoms in total. The number of aryl methyl sites for hydroxylation is 3. The molecule has 0 saturated carbocycles. The summed E-state index contributed by atoms with van der Waals surface area (Å²) in [6.45, 7) is 6.36. The van der Waals surface area contributed by atoms with Crippen molar-refractivity contribution in [3.8, 4) is 0 Å². The maximum atomic E-state index is 12.6. The molecule has 0 fully saturated rings. The van der Waals surface area contributed by atoms with Crippen LogP contribution in [-0.4, -0.2) is 20.9 Å². The lowest BCUT2D eigenvalue weighted by molar-refractivity contribution is 0.102. The van der Waals surface area contributed by atoms with Crippen LogP contribution in [-0.2, 0) is 6.54 Å². The van der Waals surface area contributed by atoms with E-state index in [9.17, 15) is 4.79 Å². The van der Waals surface area contributed by atoms with Gasteiger partial charge in [-0.3, -0.25) is 9.78 Å². The first-order valence-corrected chi connectivity index (χ1v) is 8.38. The van der Waals surface area contributed by atoms with Gasteiger partial charge in [-0.15, -0.1) is 0 Å². The minimum atomic E-state index is -0.258. The Bertz CT molecular complexity index is 925. The Morgan fingerprint density at radius 2 is 1.92 bits per heavy atom. The lowest BCUT2D eigenvalue weighted by Crippen LogP contribution is -2.16. The van der Waals surface area contributed by atoms with Crippen LogP contribution in [0.4, 0.5) is 11.6 Å². The molecule has 2 heterocycles. The van der Waals surface area contributed by atoms with Crippen LogP contribution in [0.3, 0.4) is 0 Å². The summed E-state index contributed by atoms with van der Waals surface area (Å²) in [5.41, 5.74) is 5.01. The summed E-state index contributed by atoms with van der Waals surface area (Å²) in [6, 6.07) is 11.4. The Hall–Kier alpha value is -3.28. The number of hydrogen-bond donors (Lipinski definition) is 2. The Morgan fingerprint density at radius 1 is 1.08 bits per heavy atom. The molecule has 3 aromatic rings. The maximum Gasteiger partial charge on any atom is 0.274 e. The average Bonchev–Trinajstić information content (AvgIpc) is 2.63. The number of nitrogens with zero attached hydrogens (tertiary/aromatic N) is 3. The van der Waals surface area contributed by atoms with Gasteiger partial charge in [0.25, 0.3) is 5.91 Å². The van der Waals surface area contributed by atoms with Gasteiger partial charge in [0.1, 0.15) is 5.69 Å². The van der Waals surface area contributed by atoms with E-state index in [1.54, 1.807) is 18.5 Å². The van der Waals surface area contributed by atoms with E-state index < -0.39 is 0 Å². The van der Waals surface area contributed by atoms with Crippen LogP contribution >= 0.6 is 0 Å².